The summed E-state index contributed by atoms with van der Waals surface area (Å²) in [5.74, 6) is 0.325. The second kappa shape index (κ2) is 6.77. The van der Waals surface area contributed by atoms with Crippen LogP contribution >= 0.6 is 22.9 Å². The molecule has 1 aliphatic rings. The number of nitrogens with zero attached hydrogens (tertiary/aromatic N) is 2. The smallest absolute Gasteiger partial charge is 0.409 e. The fourth-order valence-electron chi connectivity index (χ4n) is 1.87. The lowest BCUT2D eigenvalue weighted by Gasteiger charge is -2.33. The Kier molecular flexibility index (Phi) is 5.04. The maximum Gasteiger partial charge on any atom is 0.409 e. The van der Waals surface area contributed by atoms with E-state index in [2.05, 4.69) is 0 Å². The lowest BCUT2D eigenvalue weighted by molar-refractivity contribution is 0.0575. The first-order chi connectivity index (χ1) is 9.22. The average Bonchev–Trinajstić information content (AvgIpc) is 2.98. The molecule has 104 valence electrons. The van der Waals surface area contributed by atoms with Crippen LogP contribution in [0.2, 0.25) is 0 Å². The third-order valence-corrected chi connectivity index (χ3v) is 3.87. The first-order valence-corrected chi connectivity index (χ1v) is 7.44. The Morgan fingerprint density at radius 2 is 1.95 bits per heavy atom. The molecular formula is C12H15ClN2O3S. The molecule has 0 atom stereocenters. The van der Waals surface area contributed by atoms with Crippen molar-refractivity contribution in [3.63, 3.8) is 0 Å². The summed E-state index contributed by atoms with van der Waals surface area (Å²) in [5, 5.41) is 1.88. The Bertz CT molecular complexity index is 430. The molecule has 7 heteroatoms. The van der Waals surface area contributed by atoms with Gasteiger partial charge in [-0.2, -0.15) is 0 Å². The zero-order chi connectivity index (χ0) is 13.7. The Labute approximate surface area is 120 Å². The fourth-order valence-corrected chi connectivity index (χ4v) is 2.63. The van der Waals surface area contributed by atoms with Crippen molar-refractivity contribution in [2.75, 3.05) is 38.7 Å². The molecule has 2 amide bonds. The molecule has 0 radical (unpaired) electrons. The van der Waals surface area contributed by atoms with E-state index >= 15 is 0 Å². The Morgan fingerprint density at radius 1 is 1.26 bits per heavy atom. The number of alkyl halides is 1. The molecule has 0 aromatic carbocycles. The molecule has 2 heterocycles. The predicted octanol–water partition coefficient (Wildman–Crippen LogP) is 1.88. The van der Waals surface area contributed by atoms with E-state index in [0.717, 1.165) is 4.88 Å². The van der Waals surface area contributed by atoms with Gasteiger partial charge < -0.3 is 14.5 Å². The van der Waals surface area contributed by atoms with Crippen LogP contribution in [0.5, 0.6) is 0 Å². The maximum atomic E-state index is 12.1. The predicted molar refractivity (Wildman–Crippen MR) is 73.9 cm³/mol. The summed E-state index contributed by atoms with van der Waals surface area (Å²) in [6.45, 7) is 2.28. The van der Waals surface area contributed by atoms with Gasteiger partial charge in [-0.05, 0) is 11.4 Å². The van der Waals surface area contributed by atoms with Crippen LogP contribution in [0.3, 0.4) is 0 Å². The van der Waals surface area contributed by atoms with Crippen molar-refractivity contribution in [1.29, 1.82) is 0 Å². The van der Waals surface area contributed by atoms with Crippen molar-refractivity contribution in [1.82, 2.24) is 9.80 Å². The van der Waals surface area contributed by atoms with Crippen molar-refractivity contribution in [3.8, 4) is 0 Å². The third kappa shape index (κ3) is 3.61. The number of amides is 2. The van der Waals surface area contributed by atoms with E-state index in [1.807, 2.05) is 17.5 Å². The Balaban J connectivity index is 1.82. The standard InChI is InChI=1S/C12H15ClN2O3S/c13-3-8-18-12(17)15-6-4-14(5-7-15)11(16)10-2-1-9-19-10/h1-2,9H,3-8H2. The number of hydrogen-bond acceptors (Lipinski definition) is 4. The molecular weight excluding hydrogens is 288 g/mol. The van der Waals surface area contributed by atoms with Gasteiger partial charge in [-0.15, -0.1) is 22.9 Å². The average molecular weight is 303 g/mol. The first-order valence-electron chi connectivity index (χ1n) is 6.03. The van der Waals surface area contributed by atoms with Gasteiger partial charge in [0, 0.05) is 26.2 Å². The summed E-state index contributed by atoms with van der Waals surface area (Å²) >= 11 is 6.89. The molecule has 1 saturated heterocycles. The van der Waals surface area contributed by atoms with E-state index in [4.69, 9.17) is 16.3 Å². The van der Waals surface area contributed by atoms with Crippen LogP contribution < -0.4 is 0 Å². The lowest BCUT2D eigenvalue weighted by atomic mass is 10.3. The number of hydrogen-bond donors (Lipinski definition) is 0. The van der Waals surface area contributed by atoms with E-state index in [0.29, 0.717) is 32.1 Å². The highest BCUT2D eigenvalue weighted by Gasteiger charge is 2.25. The summed E-state index contributed by atoms with van der Waals surface area (Å²) in [6.07, 6.45) is -0.358. The highest BCUT2D eigenvalue weighted by atomic mass is 35.5. The van der Waals surface area contributed by atoms with Crippen molar-refractivity contribution in [3.05, 3.63) is 22.4 Å². The Hall–Kier alpha value is -1.27. The number of carbonyl (C=O) groups is 2. The first kappa shape index (κ1) is 14.1. The van der Waals surface area contributed by atoms with Crippen LogP contribution in [0, 0.1) is 0 Å². The normalized spacial score (nSPS) is 15.4. The summed E-state index contributed by atoms with van der Waals surface area (Å²) in [5.41, 5.74) is 0. The van der Waals surface area contributed by atoms with Crippen molar-refractivity contribution < 1.29 is 14.3 Å². The molecule has 0 aliphatic carbocycles. The quantitative estimate of drug-likeness (QED) is 0.801. The molecule has 19 heavy (non-hydrogen) atoms. The van der Waals surface area contributed by atoms with E-state index in [-0.39, 0.29) is 18.6 Å². The van der Waals surface area contributed by atoms with Gasteiger partial charge in [0.25, 0.3) is 5.91 Å². The summed E-state index contributed by atoms with van der Waals surface area (Å²) < 4.78 is 4.95. The zero-order valence-corrected chi connectivity index (χ0v) is 12.0. The molecule has 5 nitrogen and oxygen atoms in total. The largest absolute Gasteiger partial charge is 0.448 e. The number of rotatable bonds is 3. The minimum absolute atomic E-state index is 0.0313. The van der Waals surface area contributed by atoms with Crippen LogP contribution in [0.25, 0.3) is 0 Å². The zero-order valence-electron chi connectivity index (χ0n) is 10.4. The molecule has 1 aliphatic heterocycles. The van der Waals surface area contributed by atoms with Gasteiger partial charge in [-0.3, -0.25) is 4.79 Å². The van der Waals surface area contributed by atoms with Gasteiger partial charge in [0.05, 0.1) is 10.8 Å². The SMILES string of the molecule is O=C(OCCCl)N1CCN(C(=O)c2cccs2)CC1. The van der Waals surface area contributed by atoms with Crippen LogP contribution in [-0.4, -0.2) is 60.5 Å². The maximum absolute atomic E-state index is 12.1. The second-order valence-electron chi connectivity index (χ2n) is 4.06. The summed E-state index contributed by atoms with van der Waals surface area (Å²) in [6, 6.07) is 3.67. The molecule has 1 aromatic rings. The minimum atomic E-state index is -0.358. The number of carbonyl (C=O) groups excluding carboxylic acids is 2. The van der Waals surface area contributed by atoms with Crippen molar-refractivity contribution >= 4 is 34.9 Å². The minimum Gasteiger partial charge on any atom is -0.448 e. The summed E-state index contributed by atoms with van der Waals surface area (Å²) in [4.78, 5) is 27.8. The van der Waals surface area contributed by atoms with Gasteiger partial charge in [0.2, 0.25) is 0 Å². The fraction of sp³-hybridized carbons (Fsp3) is 0.500. The monoisotopic (exact) mass is 302 g/mol. The second-order valence-corrected chi connectivity index (χ2v) is 5.39. The van der Waals surface area contributed by atoms with Crippen LogP contribution in [0.15, 0.2) is 17.5 Å². The molecule has 0 bridgehead atoms. The number of halogens is 1. The van der Waals surface area contributed by atoms with E-state index in [1.54, 1.807) is 9.80 Å². The highest BCUT2D eigenvalue weighted by molar-refractivity contribution is 7.12. The van der Waals surface area contributed by atoms with E-state index in [9.17, 15) is 9.59 Å². The van der Waals surface area contributed by atoms with Gasteiger partial charge in [-0.25, -0.2) is 4.79 Å². The van der Waals surface area contributed by atoms with Gasteiger partial charge in [0.1, 0.15) is 6.61 Å². The van der Waals surface area contributed by atoms with Gasteiger partial charge >= 0.3 is 6.09 Å². The molecule has 1 fully saturated rings. The molecule has 0 saturated carbocycles. The lowest BCUT2D eigenvalue weighted by Crippen LogP contribution is -2.50. The molecule has 1 aromatic heterocycles. The molecule has 0 unspecified atom stereocenters. The summed E-state index contributed by atoms with van der Waals surface area (Å²) in [7, 11) is 0. The van der Waals surface area contributed by atoms with Crippen LogP contribution in [0.1, 0.15) is 9.67 Å². The highest BCUT2D eigenvalue weighted by Crippen LogP contribution is 2.14. The van der Waals surface area contributed by atoms with Crippen LogP contribution in [-0.2, 0) is 4.74 Å². The van der Waals surface area contributed by atoms with Gasteiger partial charge in [0.15, 0.2) is 0 Å². The van der Waals surface area contributed by atoms with Crippen LogP contribution in [0.4, 0.5) is 4.79 Å². The molecule has 0 N–H and O–H groups in total. The van der Waals surface area contributed by atoms with E-state index < -0.39 is 0 Å². The van der Waals surface area contributed by atoms with Crippen molar-refractivity contribution in [2.45, 2.75) is 0 Å². The van der Waals surface area contributed by atoms with Crippen molar-refractivity contribution in [2.24, 2.45) is 0 Å². The number of thiophene rings is 1. The third-order valence-electron chi connectivity index (χ3n) is 2.86. The molecule has 2 rings (SSSR count). The molecule has 0 spiro atoms. The Morgan fingerprint density at radius 3 is 2.53 bits per heavy atom. The van der Waals surface area contributed by atoms with Gasteiger partial charge in [-0.1, -0.05) is 6.07 Å². The van der Waals surface area contributed by atoms with E-state index in [1.165, 1.54) is 11.3 Å². The number of ether oxygens (including phenoxy) is 1. The number of piperazine rings is 1. The topological polar surface area (TPSA) is 49.9 Å².